The Morgan fingerprint density at radius 1 is 1.05 bits per heavy atom. The number of anilines is 2. The number of thiocarbonyl (C=S) groups is 1. The summed E-state index contributed by atoms with van der Waals surface area (Å²) >= 11 is 9.41. The molecule has 0 spiro atoms. The molecule has 11 heteroatoms. The van der Waals surface area contributed by atoms with Crippen molar-refractivity contribution in [3.63, 3.8) is 0 Å². The highest BCUT2D eigenvalue weighted by atomic mass is 79.9. The summed E-state index contributed by atoms with van der Waals surface area (Å²) in [6, 6.07) is 21.1. The summed E-state index contributed by atoms with van der Waals surface area (Å²) in [5.41, 5.74) is 6.18. The van der Waals surface area contributed by atoms with E-state index in [-0.39, 0.29) is 12.1 Å². The summed E-state index contributed by atoms with van der Waals surface area (Å²) in [6.07, 6.45) is 2.88. The van der Waals surface area contributed by atoms with Crippen LogP contribution in [0.5, 0.6) is 5.75 Å². The number of hydrogen-bond acceptors (Lipinski definition) is 5. The Balaban J connectivity index is 1.68. The summed E-state index contributed by atoms with van der Waals surface area (Å²) in [4.78, 5) is 6.67. The molecular weight excluding hydrogens is 598 g/mol. The van der Waals surface area contributed by atoms with Crippen molar-refractivity contribution in [3.05, 3.63) is 100 Å². The van der Waals surface area contributed by atoms with E-state index in [2.05, 4.69) is 67.6 Å². The zero-order chi connectivity index (χ0) is 27.9. The first-order valence-corrected chi connectivity index (χ1v) is 15.3. The highest BCUT2D eigenvalue weighted by Gasteiger charge is 2.42. The summed E-state index contributed by atoms with van der Waals surface area (Å²) in [6.45, 7) is 4.19. The van der Waals surface area contributed by atoms with E-state index < -0.39 is 10.0 Å². The van der Waals surface area contributed by atoms with Gasteiger partial charge in [0.05, 0.1) is 36.8 Å². The highest BCUT2D eigenvalue weighted by Crippen LogP contribution is 2.45. The number of halogens is 1. The number of aromatic nitrogens is 2. The van der Waals surface area contributed by atoms with Crippen LogP contribution >= 0.6 is 28.1 Å². The monoisotopic (exact) mass is 625 g/mol. The second-order valence-electron chi connectivity index (χ2n) is 9.39. The fourth-order valence-corrected chi connectivity index (χ4v) is 6.32. The van der Waals surface area contributed by atoms with Crippen LogP contribution in [0.4, 0.5) is 11.4 Å². The van der Waals surface area contributed by atoms with Gasteiger partial charge in [-0.2, -0.15) is 0 Å². The molecule has 3 heterocycles. The van der Waals surface area contributed by atoms with Crippen LogP contribution in [0.2, 0.25) is 0 Å². The number of nitrogens with one attached hydrogen (secondary N) is 2. The van der Waals surface area contributed by atoms with E-state index in [4.69, 9.17) is 17.0 Å². The van der Waals surface area contributed by atoms with Gasteiger partial charge in [0, 0.05) is 33.4 Å². The molecule has 0 unspecified atom stereocenters. The number of aryl methyl sites for hydroxylation is 1. The normalized spacial score (nSPS) is 17.3. The smallest absolute Gasteiger partial charge is 0.229 e. The SMILES string of the molecule is COc1ccc(N2C(=S)N[C@H](c3ccccn3)[C@H]2c2cc(C)n(-c3ccc(Br)cc3)c2C)cc1NS(C)(=O)=O. The zero-order valence-electron chi connectivity index (χ0n) is 21.8. The van der Waals surface area contributed by atoms with E-state index in [1.54, 1.807) is 18.3 Å². The lowest BCUT2D eigenvalue weighted by atomic mass is 9.96. The molecule has 5 rings (SSSR count). The van der Waals surface area contributed by atoms with Crippen LogP contribution in [0.1, 0.15) is 34.7 Å². The quantitative estimate of drug-likeness (QED) is 0.251. The molecular formula is C28H28BrN5O3S2. The second kappa shape index (κ2) is 10.6. The molecule has 0 amide bonds. The van der Waals surface area contributed by atoms with Gasteiger partial charge in [0.1, 0.15) is 5.75 Å². The van der Waals surface area contributed by atoms with Crippen LogP contribution in [-0.2, 0) is 10.0 Å². The number of ether oxygens (including phenoxy) is 1. The van der Waals surface area contributed by atoms with Gasteiger partial charge >= 0.3 is 0 Å². The molecule has 0 bridgehead atoms. The van der Waals surface area contributed by atoms with Crippen LogP contribution in [-0.4, -0.2) is 36.4 Å². The van der Waals surface area contributed by atoms with Crippen LogP contribution in [0.25, 0.3) is 5.69 Å². The molecule has 2 aromatic carbocycles. The Morgan fingerprint density at radius 3 is 2.41 bits per heavy atom. The van der Waals surface area contributed by atoms with Crippen LogP contribution in [0, 0.1) is 13.8 Å². The Hall–Kier alpha value is -3.41. The number of rotatable bonds is 7. The molecule has 1 aliphatic rings. The number of methoxy groups -OCH3 is 1. The predicted molar refractivity (Wildman–Crippen MR) is 162 cm³/mol. The maximum absolute atomic E-state index is 12.1. The zero-order valence-corrected chi connectivity index (χ0v) is 25.1. The fraction of sp³-hybridized carbons (Fsp3) is 0.214. The van der Waals surface area contributed by atoms with Gasteiger partial charge in [0.25, 0.3) is 0 Å². The van der Waals surface area contributed by atoms with E-state index in [1.165, 1.54) is 7.11 Å². The number of pyridine rings is 1. The molecule has 8 nitrogen and oxygen atoms in total. The maximum Gasteiger partial charge on any atom is 0.229 e. The second-order valence-corrected chi connectivity index (χ2v) is 12.4. The Labute approximate surface area is 242 Å². The Kier molecular flexibility index (Phi) is 7.41. The molecule has 0 aliphatic carbocycles. The lowest BCUT2D eigenvalue weighted by Crippen LogP contribution is -2.29. The summed E-state index contributed by atoms with van der Waals surface area (Å²) in [5.74, 6) is 0.411. The Bertz CT molecular complexity index is 1640. The minimum atomic E-state index is -3.54. The molecule has 0 saturated carbocycles. The van der Waals surface area contributed by atoms with Crippen molar-refractivity contribution in [2.45, 2.75) is 25.9 Å². The number of hydrogen-bond donors (Lipinski definition) is 2. The van der Waals surface area contributed by atoms with Gasteiger partial charge in [-0.1, -0.05) is 22.0 Å². The molecule has 1 fully saturated rings. The van der Waals surface area contributed by atoms with E-state index in [0.29, 0.717) is 16.5 Å². The molecule has 202 valence electrons. The highest BCUT2D eigenvalue weighted by molar-refractivity contribution is 9.10. The summed E-state index contributed by atoms with van der Waals surface area (Å²) < 4.78 is 35.4. The molecule has 2 N–H and O–H groups in total. The lowest BCUT2D eigenvalue weighted by molar-refractivity contribution is 0.417. The van der Waals surface area contributed by atoms with Crippen molar-refractivity contribution >= 4 is 54.7 Å². The topological polar surface area (TPSA) is 88.5 Å². The van der Waals surface area contributed by atoms with Crippen LogP contribution < -0.4 is 19.7 Å². The van der Waals surface area contributed by atoms with Crippen molar-refractivity contribution in [2.24, 2.45) is 0 Å². The van der Waals surface area contributed by atoms with Crippen molar-refractivity contribution in [2.75, 3.05) is 23.0 Å². The Morgan fingerprint density at radius 2 is 1.77 bits per heavy atom. The lowest BCUT2D eigenvalue weighted by Gasteiger charge is -2.29. The van der Waals surface area contributed by atoms with Gasteiger partial charge in [-0.05, 0) is 92.3 Å². The van der Waals surface area contributed by atoms with Gasteiger partial charge in [0.2, 0.25) is 10.0 Å². The third kappa shape index (κ3) is 5.39. The van der Waals surface area contributed by atoms with Crippen molar-refractivity contribution < 1.29 is 13.2 Å². The molecule has 1 aliphatic heterocycles. The molecule has 4 aromatic rings. The molecule has 39 heavy (non-hydrogen) atoms. The van der Waals surface area contributed by atoms with Crippen molar-refractivity contribution in [1.82, 2.24) is 14.9 Å². The average Bonchev–Trinajstić information content (AvgIpc) is 3.39. The first kappa shape index (κ1) is 27.2. The number of sulfonamides is 1. The largest absolute Gasteiger partial charge is 0.495 e. The van der Waals surface area contributed by atoms with Crippen molar-refractivity contribution in [1.29, 1.82) is 0 Å². The van der Waals surface area contributed by atoms with Gasteiger partial charge in [0.15, 0.2) is 5.11 Å². The van der Waals surface area contributed by atoms with Crippen molar-refractivity contribution in [3.8, 4) is 11.4 Å². The fourth-order valence-electron chi connectivity index (χ4n) is 5.15. The number of benzene rings is 2. The first-order valence-electron chi connectivity index (χ1n) is 12.2. The maximum atomic E-state index is 12.1. The van der Waals surface area contributed by atoms with Crippen LogP contribution in [0.3, 0.4) is 0 Å². The number of nitrogens with zero attached hydrogens (tertiary/aromatic N) is 3. The molecule has 0 radical (unpaired) electrons. The van der Waals surface area contributed by atoms with E-state index in [9.17, 15) is 8.42 Å². The average molecular weight is 627 g/mol. The van der Waals surface area contributed by atoms with Gasteiger partial charge < -0.3 is 19.5 Å². The first-order chi connectivity index (χ1) is 18.6. The third-order valence-electron chi connectivity index (χ3n) is 6.73. The predicted octanol–water partition coefficient (Wildman–Crippen LogP) is 5.81. The minimum absolute atomic E-state index is 0.244. The van der Waals surface area contributed by atoms with E-state index in [1.807, 2.05) is 41.3 Å². The third-order valence-corrected chi connectivity index (χ3v) is 8.16. The van der Waals surface area contributed by atoms with Gasteiger partial charge in [-0.25, -0.2) is 8.42 Å². The molecule has 2 aromatic heterocycles. The van der Waals surface area contributed by atoms with E-state index >= 15 is 0 Å². The van der Waals surface area contributed by atoms with Gasteiger partial charge in [-0.3, -0.25) is 9.71 Å². The molecule has 2 atom stereocenters. The van der Waals surface area contributed by atoms with Gasteiger partial charge in [-0.15, -0.1) is 0 Å². The summed E-state index contributed by atoms with van der Waals surface area (Å²) in [7, 11) is -2.04. The molecule has 1 saturated heterocycles. The van der Waals surface area contributed by atoms with Crippen LogP contribution in [0.15, 0.2) is 77.4 Å². The summed E-state index contributed by atoms with van der Waals surface area (Å²) in [5, 5.41) is 3.99. The standard InChI is InChI=1S/C28H28BrN5O3S2/c1-17-15-22(18(2)33(17)20-10-8-19(29)9-11-20)27-26(23-7-5-6-14-30-23)31-28(38)34(27)21-12-13-25(37-3)24(16-21)32-39(4,35)36/h5-16,26-27,32H,1-4H3,(H,31,38)/t26-,27-/m1/s1. The minimum Gasteiger partial charge on any atom is -0.495 e. The van der Waals surface area contributed by atoms with E-state index in [0.717, 1.165) is 44.7 Å².